The molecular formula is C30H29N5O5. The number of aromatic amines is 1. The first-order chi connectivity index (χ1) is 19.3. The molecule has 40 heavy (non-hydrogen) atoms. The predicted octanol–water partition coefficient (Wildman–Crippen LogP) is 4.40. The molecule has 0 atom stereocenters. The topological polar surface area (TPSA) is 128 Å². The van der Waals surface area contributed by atoms with E-state index in [-0.39, 0.29) is 24.7 Å². The number of methoxy groups -OCH3 is 1. The number of hydrogen-bond donors (Lipinski definition) is 2. The largest absolute Gasteiger partial charge is 0.497 e. The number of ether oxygens (including phenoxy) is 2. The van der Waals surface area contributed by atoms with Gasteiger partial charge in [-0.05, 0) is 67.6 Å². The summed E-state index contributed by atoms with van der Waals surface area (Å²) in [7, 11) is 3.22. The van der Waals surface area contributed by atoms with E-state index in [0.29, 0.717) is 40.2 Å². The van der Waals surface area contributed by atoms with Crippen LogP contribution in [0.3, 0.4) is 0 Å². The molecule has 0 spiro atoms. The summed E-state index contributed by atoms with van der Waals surface area (Å²) in [6, 6.07) is 22.8. The van der Waals surface area contributed by atoms with Gasteiger partial charge in [0.1, 0.15) is 42.1 Å². The van der Waals surface area contributed by atoms with Crippen molar-refractivity contribution in [2.24, 2.45) is 0 Å². The zero-order valence-electron chi connectivity index (χ0n) is 22.4. The highest BCUT2D eigenvalue weighted by molar-refractivity contribution is 6.03. The van der Waals surface area contributed by atoms with E-state index in [2.05, 4.69) is 16.4 Å². The Morgan fingerprint density at radius 1 is 0.950 bits per heavy atom. The highest BCUT2D eigenvalue weighted by Gasteiger charge is 2.24. The summed E-state index contributed by atoms with van der Waals surface area (Å²) >= 11 is 0. The zero-order chi connectivity index (χ0) is 28.6. The van der Waals surface area contributed by atoms with Crippen LogP contribution in [-0.4, -0.2) is 66.3 Å². The van der Waals surface area contributed by atoms with Crippen molar-refractivity contribution in [1.29, 1.82) is 5.26 Å². The van der Waals surface area contributed by atoms with Gasteiger partial charge in [0.2, 0.25) is 11.8 Å². The molecule has 1 aromatic heterocycles. The first-order valence-corrected chi connectivity index (χ1v) is 12.6. The van der Waals surface area contributed by atoms with Gasteiger partial charge >= 0.3 is 0 Å². The highest BCUT2D eigenvalue weighted by atomic mass is 16.5. The minimum Gasteiger partial charge on any atom is -0.497 e. The molecule has 0 bridgehead atoms. The molecule has 0 saturated carbocycles. The zero-order valence-corrected chi connectivity index (χ0v) is 22.4. The SMILES string of the molecule is CCN(C)C(=O)CN(CC(=O)Nc1ccc(Oc2ccc(OC)cc2)cc1)C(=O)c1cc2cccc(C#N)c2[nH]1. The van der Waals surface area contributed by atoms with E-state index in [1.165, 1.54) is 9.80 Å². The number of benzene rings is 3. The lowest BCUT2D eigenvalue weighted by Gasteiger charge is -2.24. The van der Waals surface area contributed by atoms with Crippen LogP contribution in [0.4, 0.5) is 5.69 Å². The smallest absolute Gasteiger partial charge is 0.271 e. The lowest BCUT2D eigenvalue weighted by Crippen LogP contribution is -2.45. The molecule has 3 aromatic carbocycles. The third kappa shape index (κ3) is 6.57. The van der Waals surface area contributed by atoms with E-state index in [0.717, 1.165) is 5.75 Å². The van der Waals surface area contributed by atoms with Gasteiger partial charge in [-0.2, -0.15) is 5.26 Å². The Bertz CT molecular complexity index is 1550. The standard InChI is InChI=1S/C30H29N5O5/c1-4-34(2)28(37)19-35(30(38)26-16-20-6-5-7-21(17-31)29(20)33-26)18-27(36)32-22-8-10-24(11-9-22)40-25-14-12-23(39-3)13-15-25/h5-16,33H,4,18-19H2,1-3H3,(H,32,36). The second-order valence-corrected chi connectivity index (χ2v) is 8.98. The summed E-state index contributed by atoms with van der Waals surface area (Å²) in [5.74, 6) is 0.611. The number of nitrogens with zero attached hydrogens (tertiary/aromatic N) is 3. The average Bonchev–Trinajstić information content (AvgIpc) is 3.42. The first-order valence-electron chi connectivity index (χ1n) is 12.6. The Labute approximate surface area is 231 Å². The second-order valence-electron chi connectivity index (χ2n) is 8.98. The van der Waals surface area contributed by atoms with Crippen LogP contribution in [0.2, 0.25) is 0 Å². The van der Waals surface area contributed by atoms with Crippen LogP contribution < -0.4 is 14.8 Å². The van der Waals surface area contributed by atoms with Crippen molar-refractivity contribution in [3.8, 4) is 23.3 Å². The number of H-pyrrole nitrogens is 1. The van der Waals surface area contributed by atoms with Crippen LogP contribution in [0.5, 0.6) is 17.2 Å². The molecule has 0 saturated heterocycles. The van der Waals surface area contributed by atoms with Crippen LogP contribution in [0, 0.1) is 11.3 Å². The molecule has 0 aliphatic carbocycles. The van der Waals surface area contributed by atoms with Gasteiger partial charge in [0.15, 0.2) is 0 Å². The van der Waals surface area contributed by atoms with Crippen molar-refractivity contribution in [2.45, 2.75) is 6.92 Å². The number of para-hydroxylation sites is 1. The summed E-state index contributed by atoms with van der Waals surface area (Å²) in [6.07, 6.45) is 0. The number of aromatic nitrogens is 1. The number of hydrogen-bond acceptors (Lipinski definition) is 6. The van der Waals surface area contributed by atoms with E-state index >= 15 is 0 Å². The Morgan fingerprint density at radius 3 is 2.23 bits per heavy atom. The fraction of sp³-hybridized carbons (Fsp3) is 0.200. The normalized spacial score (nSPS) is 10.4. The maximum atomic E-state index is 13.4. The molecular weight excluding hydrogens is 510 g/mol. The number of amides is 3. The third-order valence-corrected chi connectivity index (χ3v) is 6.29. The van der Waals surface area contributed by atoms with Crippen molar-refractivity contribution in [1.82, 2.24) is 14.8 Å². The molecule has 0 unspecified atom stereocenters. The first kappa shape index (κ1) is 27.7. The number of nitriles is 1. The molecule has 0 radical (unpaired) electrons. The van der Waals surface area contributed by atoms with Crippen molar-refractivity contribution >= 4 is 34.3 Å². The molecule has 4 rings (SSSR count). The molecule has 10 nitrogen and oxygen atoms in total. The maximum absolute atomic E-state index is 13.4. The number of rotatable bonds is 10. The highest BCUT2D eigenvalue weighted by Crippen LogP contribution is 2.25. The fourth-order valence-corrected chi connectivity index (χ4v) is 3.95. The summed E-state index contributed by atoms with van der Waals surface area (Å²) in [4.78, 5) is 44.7. The average molecular weight is 540 g/mol. The summed E-state index contributed by atoms with van der Waals surface area (Å²) in [6.45, 7) is 1.63. The Balaban J connectivity index is 1.47. The molecule has 1 heterocycles. The van der Waals surface area contributed by atoms with Crippen molar-refractivity contribution in [3.05, 3.63) is 84.1 Å². The van der Waals surface area contributed by atoms with E-state index in [4.69, 9.17) is 9.47 Å². The van der Waals surface area contributed by atoms with Crippen LogP contribution in [0.1, 0.15) is 23.0 Å². The molecule has 0 aliphatic heterocycles. The quantitative estimate of drug-likeness (QED) is 0.308. The number of likely N-dealkylation sites (N-methyl/N-ethyl adjacent to an activating group) is 1. The molecule has 0 fully saturated rings. The van der Waals surface area contributed by atoms with Gasteiger partial charge in [-0.25, -0.2) is 0 Å². The van der Waals surface area contributed by atoms with Gasteiger partial charge in [-0.15, -0.1) is 0 Å². The van der Waals surface area contributed by atoms with Crippen LogP contribution in [-0.2, 0) is 9.59 Å². The summed E-state index contributed by atoms with van der Waals surface area (Å²) in [5, 5.41) is 12.8. The fourth-order valence-electron chi connectivity index (χ4n) is 3.95. The van der Waals surface area contributed by atoms with Gasteiger partial charge in [-0.3, -0.25) is 14.4 Å². The van der Waals surface area contributed by atoms with Gasteiger partial charge in [0.05, 0.1) is 18.2 Å². The number of carbonyl (C=O) groups excluding carboxylic acids is 3. The minimum absolute atomic E-state index is 0.178. The van der Waals surface area contributed by atoms with Crippen molar-refractivity contribution in [3.63, 3.8) is 0 Å². The van der Waals surface area contributed by atoms with Crippen molar-refractivity contribution < 1.29 is 23.9 Å². The Morgan fingerprint density at radius 2 is 1.60 bits per heavy atom. The number of anilines is 1. The summed E-state index contributed by atoms with van der Waals surface area (Å²) in [5.41, 5.74) is 1.59. The number of nitrogens with one attached hydrogen (secondary N) is 2. The molecule has 204 valence electrons. The van der Waals surface area contributed by atoms with Crippen molar-refractivity contribution in [2.75, 3.05) is 39.1 Å². The molecule has 2 N–H and O–H groups in total. The monoisotopic (exact) mass is 539 g/mol. The second kappa shape index (κ2) is 12.5. The maximum Gasteiger partial charge on any atom is 0.271 e. The van der Waals surface area contributed by atoms with E-state index < -0.39 is 11.8 Å². The minimum atomic E-state index is -0.531. The third-order valence-electron chi connectivity index (χ3n) is 6.29. The molecule has 4 aromatic rings. The van der Waals surface area contributed by atoms with E-state index in [1.54, 1.807) is 87.0 Å². The Kier molecular flexibility index (Phi) is 8.66. The summed E-state index contributed by atoms with van der Waals surface area (Å²) < 4.78 is 11.0. The lowest BCUT2D eigenvalue weighted by atomic mass is 10.1. The van der Waals surface area contributed by atoms with Gasteiger partial charge < -0.3 is 29.6 Å². The lowest BCUT2D eigenvalue weighted by molar-refractivity contribution is -0.130. The van der Waals surface area contributed by atoms with Gasteiger partial charge in [0, 0.05) is 24.7 Å². The van der Waals surface area contributed by atoms with E-state index in [9.17, 15) is 19.6 Å². The molecule has 3 amide bonds. The van der Waals surface area contributed by atoms with Gasteiger partial charge in [-0.1, -0.05) is 12.1 Å². The number of carbonyl (C=O) groups is 3. The van der Waals surface area contributed by atoms with E-state index in [1.807, 2.05) is 6.92 Å². The van der Waals surface area contributed by atoms with Crippen LogP contribution in [0.15, 0.2) is 72.8 Å². The van der Waals surface area contributed by atoms with Crippen LogP contribution >= 0.6 is 0 Å². The number of fused-ring (bicyclic) bond motifs is 1. The Hall–Kier alpha value is -5.30. The predicted molar refractivity (Wildman–Crippen MR) is 150 cm³/mol. The van der Waals surface area contributed by atoms with Crippen LogP contribution in [0.25, 0.3) is 10.9 Å². The molecule has 10 heteroatoms. The molecule has 0 aliphatic rings. The van der Waals surface area contributed by atoms with Gasteiger partial charge in [0.25, 0.3) is 5.91 Å².